The van der Waals surface area contributed by atoms with Crippen LogP contribution in [-0.4, -0.2) is 21.8 Å². The minimum absolute atomic E-state index is 0.0544. The number of hydrogen-bond donors (Lipinski definition) is 1. The molecule has 0 spiro atoms. The number of carboxylic acid groups (broad SMARTS) is 1. The molecule has 0 saturated carbocycles. The van der Waals surface area contributed by atoms with Crippen molar-refractivity contribution in [2.75, 3.05) is 0 Å². The second kappa shape index (κ2) is 15.1. The summed E-state index contributed by atoms with van der Waals surface area (Å²) in [6.45, 7) is 17.2. The van der Waals surface area contributed by atoms with Crippen LogP contribution in [0.25, 0.3) is 0 Å². The second-order valence-corrected chi connectivity index (χ2v) is 13.8. The van der Waals surface area contributed by atoms with Gasteiger partial charge in [-0.15, -0.1) is 0 Å². The summed E-state index contributed by atoms with van der Waals surface area (Å²) in [4.78, 5) is 22.4. The molecule has 7 heteroatoms. The van der Waals surface area contributed by atoms with Gasteiger partial charge < -0.3 is 14.6 Å². The molecule has 4 atom stereocenters. The van der Waals surface area contributed by atoms with Crippen molar-refractivity contribution in [3.05, 3.63) is 62.2 Å². The first kappa shape index (κ1) is 34.4. The van der Waals surface area contributed by atoms with Gasteiger partial charge in [-0.3, -0.25) is 10.1 Å². The Bertz CT molecular complexity index is 1250. The lowest BCUT2D eigenvalue weighted by Gasteiger charge is -2.44. The van der Waals surface area contributed by atoms with Crippen molar-refractivity contribution in [3.8, 4) is 11.5 Å². The van der Waals surface area contributed by atoms with E-state index in [0.29, 0.717) is 18.1 Å². The monoisotopic (exact) mass is 595 g/mol. The molecule has 1 aliphatic rings. The number of non-ortho nitro benzene ring substituents is 1. The van der Waals surface area contributed by atoms with Gasteiger partial charge in [-0.2, -0.15) is 0 Å². The molecule has 0 aliphatic carbocycles. The molecule has 0 radical (unpaired) electrons. The lowest BCUT2D eigenvalue weighted by Crippen LogP contribution is -2.44. The van der Waals surface area contributed by atoms with Gasteiger partial charge in [-0.25, -0.2) is 4.79 Å². The maximum atomic E-state index is 11.5. The fraction of sp³-hybridized carbons (Fsp3) is 0.639. The number of hydrogen-bond acceptors (Lipinski definition) is 5. The van der Waals surface area contributed by atoms with Crippen LogP contribution in [0.4, 0.5) is 10.5 Å². The predicted octanol–water partition coefficient (Wildman–Crippen LogP) is 10.5. The van der Waals surface area contributed by atoms with Crippen LogP contribution in [0, 0.1) is 48.6 Å². The van der Waals surface area contributed by atoms with Gasteiger partial charge in [0.1, 0.15) is 17.1 Å². The molecule has 1 aliphatic heterocycles. The number of nitrogens with zero attached hydrogens (tertiary/aromatic N) is 1. The lowest BCUT2D eigenvalue weighted by atomic mass is 9.73. The molecule has 0 fully saturated rings. The van der Waals surface area contributed by atoms with Crippen molar-refractivity contribution < 1.29 is 24.3 Å². The van der Waals surface area contributed by atoms with Crippen LogP contribution in [0.3, 0.4) is 0 Å². The summed E-state index contributed by atoms with van der Waals surface area (Å²) in [7, 11) is 0. The van der Waals surface area contributed by atoms with E-state index in [1.165, 1.54) is 38.5 Å². The first-order valence-electron chi connectivity index (χ1n) is 16.2. The van der Waals surface area contributed by atoms with E-state index >= 15 is 0 Å². The quantitative estimate of drug-likeness (QED) is 0.0951. The van der Waals surface area contributed by atoms with Crippen LogP contribution in [0.1, 0.15) is 126 Å². The number of nitro groups is 1. The highest BCUT2D eigenvalue weighted by molar-refractivity contribution is 5.67. The van der Waals surface area contributed by atoms with E-state index in [0.717, 1.165) is 64.7 Å². The minimum atomic E-state index is -1.34. The maximum Gasteiger partial charge on any atom is 0.511 e. The van der Waals surface area contributed by atoms with E-state index in [9.17, 15) is 20.0 Å². The Morgan fingerprint density at radius 1 is 0.953 bits per heavy atom. The van der Waals surface area contributed by atoms with Crippen molar-refractivity contribution in [2.24, 2.45) is 17.8 Å². The smallest absolute Gasteiger partial charge is 0.486 e. The average Bonchev–Trinajstić information content (AvgIpc) is 2.93. The Hall–Kier alpha value is -3.09. The van der Waals surface area contributed by atoms with Gasteiger partial charge in [0.15, 0.2) is 0 Å². The fourth-order valence-corrected chi connectivity index (χ4v) is 6.81. The molecule has 3 rings (SSSR count). The zero-order valence-corrected chi connectivity index (χ0v) is 27.6. The molecule has 43 heavy (non-hydrogen) atoms. The third kappa shape index (κ3) is 8.96. The highest BCUT2D eigenvalue weighted by Gasteiger charge is 2.43. The third-order valence-electron chi connectivity index (χ3n) is 9.73. The molecule has 0 aromatic heterocycles. The molecule has 0 saturated heterocycles. The lowest BCUT2D eigenvalue weighted by molar-refractivity contribution is -0.384. The van der Waals surface area contributed by atoms with Gasteiger partial charge in [0, 0.05) is 23.6 Å². The van der Waals surface area contributed by atoms with Crippen LogP contribution < -0.4 is 9.47 Å². The topological polar surface area (TPSA) is 98.9 Å². The Kier molecular flexibility index (Phi) is 12.1. The van der Waals surface area contributed by atoms with Gasteiger partial charge in [0.2, 0.25) is 0 Å². The summed E-state index contributed by atoms with van der Waals surface area (Å²) in [5.74, 6) is 3.34. The van der Waals surface area contributed by atoms with Crippen LogP contribution in [0.15, 0.2) is 24.3 Å². The molecule has 2 aromatic carbocycles. The molecule has 238 valence electrons. The van der Waals surface area contributed by atoms with Crippen molar-refractivity contribution >= 4 is 11.8 Å². The minimum Gasteiger partial charge on any atom is -0.486 e. The first-order chi connectivity index (χ1) is 20.2. The van der Waals surface area contributed by atoms with E-state index < -0.39 is 11.8 Å². The zero-order chi connectivity index (χ0) is 31.9. The standard InChI is InChI=1S/C36H53NO6/c1-23(2)12-9-13-24(3)14-10-15-25(4)16-11-21-36(8)32(29-17-19-30(20-18-29)37(40)41)22-31-28(7)33(42-35(38)39)26(5)27(6)34(31)43-36/h17-20,23-25,32H,9-16,21-22H2,1-8H3,(H,38,39). The molecule has 4 unspecified atom stereocenters. The van der Waals surface area contributed by atoms with Gasteiger partial charge in [0.05, 0.1) is 4.92 Å². The van der Waals surface area contributed by atoms with Crippen LogP contribution in [0.2, 0.25) is 0 Å². The van der Waals surface area contributed by atoms with E-state index in [4.69, 9.17) is 9.47 Å². The summed E-state index contributed by atoms with van der Waals surface area (Å²) < 4.78 is 12.1. The van der Waals surface area contributed by atoms with Gasteiger partial charge in [-0.05, 0) is 87.0 Å². The van der Waals surface area contributed by atoms with Crippen molar-refractivity contribution in [1.29, 1.82) is 0 Å². The molecule has 7 nitrogen and oxygen atoms in total. The van der Waals surface area contributed by atoms with Crippen LogP contribution in [0.5, 0.6) is 11.5 Å². The molecule has 1 heterocycles. The highest BCUT2D eigenvalue weighted by atomic mass is 16.7. The Morgan fingerprint density at radius 3 is 2.05 bits per heavy atom. The van der Waals surface area contributed by atoms with Crippen LogP contribution >= 0.6 is 0 Å². The number of ether oxygens (including phenoxy) is 2. The third-order valence-corrected chi connectivity index (χ3v) is 9.73. The van der Waals surface area contributed by atoms with E-state index in [1.54, 1.807) is 12.1 Å². The second-order valence-electron chi connectivity index (χ2n) is 13.8. The zero-order valence-electron chi connectivity index (χ0n) is 27.6. The summed E-state index contributed by atoms with van der Waals surface area (Å²) in [5, 5.41) is 20.7. The van der Waals surface area contributed by atoms with Gasteiger partial charge >= 0.3 is 6.16 Å². The summed E-state index contributed by atoms with van der Waals surface area (Å²) in [6.07, 6.45) is 10.1. The van der Waals surface area contributed by atoms with Crippen molar-refractivity contribution in [3.63, 3.8) is 0 Å². The number of fused-ring (bicyclic) bond motifs is 1. The molecular weight excluding hydrogens is 542 g/mol. The first-order valence-corrected chi connectivity index (χ1v) is 16.2. The molecule has 0 bridgehead atoms. The molecular formula is C36H53NO6. The van der Waals surface area contributed by atoms with Gasteiger partial charge in [0.25, 0.3) is 5.69 Å². The Labute approximate surface area is 258 Å². The number of nitro benzene ring substituents is 1. The Balaban J connectivity index is 1.76. The molecule has 0 amide bonds. The summed E-state index contributed by atoms with van der Waals surface area (Å²) in [5.41, 5.74) is 3.88. The largest absolute Gasteiger partial charge is 0.511 e. The summed E-state index contributed by atoms with van der Waals surface area (Å²) >= 11 is 0. The SMILES string of the molecule is Cc1c(C)c2c(c(C)c1OC(=O)O)CC(c1ccc([N+](=O)[O-])cc1)C(C)(CCCC(C)CCCC(C)CCCC(C)C)O2. The van der Waals surface area contributed by atoms with E-state index in [2.05, 4.69) is 34.6 Å². The van der Waals surface area contributed by atoms with Crippen molar-refractivity contribution in [2.45, 2.75) is 131 Å². The number of carbonyl (C=O) groups is 1. The van der Waals surface area contributed by atoms with Crippen LogP contribution in [-0.2, 0) is 6.42 Å². The molecule has 2 aromatic rings. The molecule has 1 N–H and O–H groups in total. The maximum absolute atomic E-state index is 11.5. The van der Waals surface area contributed by atoms with E-state index in [-0.39, 0.29) is 16.5 Å². The summed E-state index contributed by atoms with van der Waals surface area (Å²) in [6, 6.07) is 6.80. The van der Waals surface area contributed by atoms with Crippen molar-refractivity contribution in [1.82, 2.24) is 0 Å². The number of benzene rings is 2. The number of rotatable bonds is 15. The van der Waals surface area contributed by atoms with Gasteiger partial charge in [-0.1, -0.05) is 84.8 Å². The average molecular weight is 596 g/mol. The fourth-order valence-electron chi connectivity index (χ4n) is 6.81. The highest BCUT2D eigenvalue weighted by Crippen LogP contribution is 2.50. The Morgan fingerprint density at radius 2 is 1.51 bits per heavy atom. The predicted molar refractivity (Wildman–Crippen MR) is 173 cm³/mol. The van der Waals surface area contributed by atoms with E-state index in [1.807, 2.05) is 32.9 Å². The normalized spacial score (nSPS) is 19.4.